The second-order valence-electron chi connectivity index (χ2n) is 5.10. The summed E-state index contributed by atoms with van der Waals surface area (Å²) in [4.78, 5) is 33.0. The fourth-order valence-corrected chi connectivity index (χ4v) is 1.21. The molecule has 92 valence electrons. The number of amides is 1. The molecular weight excluding hydrogens is 210 g/mol. The summed E-state index contributed by atoms with van der Waals surface area (Å²) in [5.41, 5.74) is -0.205. The first-order valence-electron chi connectivity index (χ1n) is 5.13. The summed E-state index contributed by atoms with van der Waals surface area (Å²) in [5.74, 6) is -1.79. The lowest BCUT2D eigenvalue weighted by Gasteiger charge is -2.19. The summed E-state index contributed by atoms with van der Waals surface area (Å²) in [6, 6.07) is -1.12. The molecule has 0 bridgehead atoms. The molecule has 0 saturated carbocycles. The number of hydrogen-bond donors (Lipinski definition) is 2. The molecule has 0 aliphatic rings. The number of ketones is 1. The molecule has 0 rings (SSSR count). The minimum absolute atomic E-state index is 0.175. The first-order valence-corrected chi connectivity index (χ1v) is 5.13. The van der Waals surface area contributed by atoms with E-state index in [9.17, 15) is 14.4 Å². The fraction of sp³-hybridized carbons (Fsp3) is 0.727. The zero-order valence-corrected chi connectivity index (χ0v) is 10.2. The van der Waals surface area contributed by atoms with E-state index in [0.29, 0.717) is 0 Å². The Morgan fingerprint density at radius 1 is 1.25 bits per heavy atom. The quantitative estimate of drug-likeness (QED) is 0.735. The molecule has 1 amide bonds. The van der Waals surface area contributed by atoms with Crippen molar-refractivity contribution >= 4 is 17.7 Å². The largest absolute Gasteiger partial charge is 0.480 e. The van der Waals surface area contributed by atoms with Crippen LogP contribution in [-0.4, -0.2) is 28.8 Å². The maximum Gasteiger partial charge on any atom is 0.326 e. The molecule has 5 nitrogen and oxygen atoms in total. The molecule has 0 aliphatic carbocycles. The molecule has 2 N–H and O–H groups in total. The lowest BCUT2D eigenvalue weighted by atomic mass is 9.92. The Morgan fingerprint density at radius 3 is 2.06 bits per heavy atom. The van der Waals surface area contributed by atoms with Gasteiger partial charge in [0, 0.05) is 12.8 Å². The van der Waals surface area contributed by atoms with E-state index in [1.165, 1.54) is 6.92 Å². The predicted molar refractivity (Wildman–Crippen MR) is 58.9 cm³/mol. The Bertz CT molecular complexity index is 291. The van der Waals surface area contributed by atoms with E-state index < -0.39 is 12.0 Å². The lowest BCUT2D eigenvalue weighted by Crippen LogP contribution is -2.43. The monoisotopic (exact) mass is 229 g/mol. The van der Waals surface area contributed by atoms with Crippen LogP contribution in [0.4, 0.5) is 0 Å². The SMILES string of the molecule is CC(=O)CC(NC(=O)CC(C)(C)C)C(=O)O. The van der Waals surface area contributed by atoms with Crippen LogP contribution in [0.2, 0.25) is 0 Å². The van der Waals surface area contributed by atoms with Crippen LogP contribution in [0.25, 0.3) is 0 Å². The Labute approximate surface area is 95.2 Å². The van der Waals surface area contributed by atoms with Crippen molar-refractivity contribution in [3.63, 3.8) is 0 Å². The maximum absolute atomic E-state index is 11.5. The van der Waals surface area contributed by atoms with Crippen molar-refractivity contribution in [1.29, 1.82) is 0 Å². The van der Waals surface area contributed by atoms with Gasteiger partial charge >= 0.3 is 5.97 Å². The van der Waals surface area contributed by atoms with Crippen LogP contribution in [0.5, 0.6) is 0 Å². The number of carbonyl (C=O) groups is 3. The molecule has 0 saturated heterocycles. The number of carboxylic acid groups (broad SMARTS) is 1. The van der Waals surface area contributed by atoms with Crippen LogP contribution in [0.1, 0.15) is 40.5 Å². The second-order valence-corrected chi connectivity index (χ2v) is 5.10. The highest BCUT2D eigenvalue weighted by Crippen LogP contribution is 2.18. The van der Waals surface area contributed by atoms with Gasteiger partial charge in [-0.2, -0.15) is 0 Å². The number of hydrogen-bond acceptors (Lipinski definition) is 3. The predicted octanol–water partition coefficient (Wildman–Crippen LogP) is 0.971. The van der Waals surface area contributed by atoms with Crippen molar-refractivity contribution in [2.45, 2.75) is 46.6 Å². The third-order valence-corrected chi connectivity index (χ3v) is 1.82. The van der Waals surface area contributed by atoms with E-state index in [0.717, 1.165) is 0 Å². The van der Waals surface area contributed by atoms with Crippen molar-refractivity contribution < 1.29 is 19.5 Å². The molecule has 5 heteroatoms. The van der Waals surface area contributed by atoms with Gasteiger partial charge < -0.3 is 10.4 Å². The first-order chi connectivity index (χ1) is 7.11. The summed E-state index contributed by atoms with van der Waals surface area (Å²) in [5, 5.41) is 11.1. The Morgan fingerprint density at radius 2 is 1.75 bits per heavy atom. The number of aliphatic carboxylic acids is 1. The van der Waals surface area contributed by atoms with Crippen molar-refractivity contribution in [1.82, 2.24) is 5.32 Å². The van der Waals surface area contributed by atoms with Crippen molar-refractivity contribution in [3.05, 3.63) is 0 Å². The number of rotatable bonds is 5. The van der Waals surface area contributed by atoms with Crippen molar-refractivity contribution in [2.24, 2.45) is 5.41 Å². The van der Waals surface area contributed by atoms with Gasteiger partial charge in [0.25, 0.3) is 0 Å². The number of Topliss-reactive ketones (excluding diaryl/α,β-unsaturated/α-hetero) is 1. The van der Waals surface area contributed by atoms with Crippen LogP contribution in [0, 0.1) is 5.41 Å². The summed E-state index contributed by atoms with van der Waals surface area (Å²) < 4.78 is 0. The van der Waals surface area contributed by atoms with Gasteiger partial charge in [0.1, 0.15) is 11.8 Å². The molecule has 0 aliphatic heterocycles. The second kappa shape index (κ2) is 5.63. The van der Waals surface area contributed by atoms with E-state index in [1.54, 1.807) is 0 Å². The molecule has 0 spiro atoms. The molecule has 0 aromatic carbocycles. The summed E-state index contributed by atoms with van der Waals surface area (Å²) in [6.45, 7) is 6.94. The molecule has 16 heavy (non-hydrogen) atoms. The van der Waals surface area contributed by atoms with Gasteiger partial charge in [-0.15, -0.1) is 0 Å². The number of carbonyl (C=O) groups excluding carboxylic acids is 2. The highest BCUT2D eigenvalue weighted by Gasteiger charge is 2.24. The van der Waals surface area contributed by atoms with Gasteiger partial charge in [-0.05, 0) is 12.3 Å². The average molecular weight is 229 g/mol. The third-order valence-electron chi connectivity index (χ3n) is 1.82. The highest BCUT2D eigenvalue weighted by atomic mass is 16.4. The normalized spacial score (nSPS) is 13.0. The standard InChI is InChI=1S/C11H19NO4/c1-7(13)5-8(10(15)16)12-9(14)6-11(2,3)4/h8H,5-6H2,1-4H3,(H,12,14)(H,15,16). The summed E-state index contributed by atoms with van der Waals surface area (Å²) in [7, 11) is 0. The summed E-state index contributed by atoms with van der Waals surface area (Å²) in [6.07, 6.45) is 0.0555. The molecule has 0 fully saturated rings. The van der Waals surface area contributed by atoms with E-state index in [4.69, 9.17) is 5.11 Å². The number of carboxylic acids is 1. The van der Waals surface area contributed by atoms with E-state index in [2.05, 4.69) is 5.32 Å². The van der Waals surface area contributed by atoms with Crippen molar-refractivity contribution in [2.75, 3.05) is 0 Å². The minimum Gasteiger partial charge on any atom is -0.480 e. The average Bonchev–Trinajstić information content (AvgIpc) is 1.97. The molecule has 1 unspecified atom stereocenters. The van der Waals surface area contributed by atoms with E-state index in [1.807, 2.05) is 20.8 Å². The van der Waals surface area contributed by atoms with Gasteiger partial charge in [-0.3, -0.25) is 9.59 Å². The van der Waals surface area contributed by atoms with Crippen LogP contribution >= 0.6 is 0 Å². The smallest absolute Gasteiger partial charge is 0.326 e. The Kier molecular flexibility index (Phi) is 5.14. The van der Waals surface area contributed by atoms with Crippen LogP contribution < -0.4 is 5.32 Å². The third kappa shape index (κ3) is 6.98. The van der Waals surface area contributed by atoms with Gasteiger partial charge in [-0.25, -0.2) is 4.79 Å². The Hall–Kier alpha value is -1.39. The van der Waals surface area contributed by atoms with Crippen molar-refractivity contribution in [3.8, 4) is 0 Å². The number of nitrogens with one attached hydrogen (secondary N) is 1. The van der Waals surface area contributed by atoms with E-state index in [-0.39, 0.29) is 29.9 Å². The van der Waals surface area contributed by atoms with Gasteiger partial charge in [0.05, 0.1) is 0 Å². The maximum atomic E-state index is 11.5. The van der Waals surface area contributed by atoms with Crippen LogP contribution in [-0.2, 0) is 14.4 Å². The lowest BCUT2D eigenvalue weighted by molar-refractivity contribution is -0.143. The van der Waals surface area contributed by atoms with Gasteiger partial charge in [-0.1, -0.05) is 20.8 Å². The fourth-order valence-electron chi connectivity index (χ4n) is 1.21. The topological polar surface area (TPSA) is 83.5 Å². The molecule has 0 aromatic rings. The van der Waals surface area contributed by atoms with Crippen LogP contribution in [0.15, 0.2) is 0 Å². The minimum atomic E-state index is -1.18. The molecule has 0 radical (unpaired) electrons. The van der Waals surface area contributed by atoms with Gasteiger partial charge in [0.15, 0.2) is 0 Å². The zero-order chi connectivity index (χ0) is 12.9. The first kappa shape index (κ1) is 14.6. The van der Waals surface area contributed by atoms with Gasteiger partial charge in [0.2, 0.25) is 5.91 Å². The summed E-state index contributed by atoms with van der Waals surface area (Å²) >= 11 is 0. The van der Waals surface area contributed by atoms with E-state index >= 15 is 0 Å². The molecular formula is C11H19NO4. The highest BCUT2D eigenvalue weighted by molar-refractivity contribution is 5.88. The zero-order valence-electron chi connectivity index (χ0n) is 10.2. The molecule has 0 heterocycles. The molecule has 0 aromatic heterocycles. The van der Waals surface area contributed by atoms with Crippen LogP contribution in [0.3, 0.4) is 0 Å². The molecule has 1 atom stereocenters. The Balaban J connectivity index is 4.35.